The van der Waals surface area contributed by atoms with Gasteiger partial charge in [-0.1, -0.05) is 32.9 Å². The van der Waals surface area contributed by atoms with E-state index in [9.17, 15) is 0 Å². The largest absolute Gasteiger partial charge is 0.296 e. The maximum Gasteiger partial charge on any atom is 0.0334 e. The number of fused-ring (bicyclic) bond motifs is 1. The predicted molar refractivity (Wildman–Crippen MR) is 61.3 cm³/mol. The highest BCUT2D eigenvalue weighted by atomic mass is 15.2. The van der Waals surface area contributed by atoms with Crippen molar-refractivity contribution in [1.82, 2.24) is 4.90 Å². The number of rotatable bonds is 1. The van der Waals surface area contributed by atoms with Gasteiger partial charge in [-0.2, -0.15) is 0 Å². The van der Waals surface area contributed by atoms with Crippen LogP contribution in [0.1, 0.15) is 40.0 Å². The second-order valence-corrected chi connectivity index (χ2v) is 6.20. The molecule has 0 amide bonds. The van der Waals surface area contributed by atoms with Crippen LogP contribution in [0.4, 0.5) is 0 Å². The molecule has 0 saturated carbocycles. The predicted octanol–water partition coefficient (Wildman–Crippen LogP) is 3.07. The van der Waals surface area contributed by atoms with Crippen molar-refractivity contribution in [2.45, 2.75) is 46.1 Å². The van der Waals surface area contributed by atoms with E-state index in [0.29, 0.717) is 5.41 Å². The lowest BCUT2D eigenvalue weighted by molar-refractivity contribution is 0.250. The van der Waals surface area contributed by atoms with Crippen LogP contribution in [0.15, 0.2) is 12.2 Å². The first-order chi connectivity index (χ1) is 6.47. The molecule has 2 saturated heterocycles. The molecule has 0 radical (unpaired) electrons. The average Bonchev–Trinajstić information content (AvgIpc) is 2.54. The van der Waals surface area contributed by atoms with Crippen molar-refractivity contribution in [2.75, 3.05) is 13.1 Å². The van der Waals surface area contributed by atoms with Crippen molar-refractivity contribution in [3.63, 3.8) is 0 Å². The Balaban J connectivity index is 2.04. The molecule has 0 aromatic rings. The summed E-state index contributed by atoms with van der Waals surface area (Å²) in [5.74, 6) is 0.880. The standard InChI is InChI=1S/C13H23N/c1-10-5-7-14-8-6-11(12(10)14)9-13(2,3)4/h11-12H,1,5-9H2,2-4H3. The molecule has 2 heterocycles. The molecule has 1 nitrogen and oxygen atoms in total. The van der Waals surface area contributed by atoms with Gasteiger partial charge in [0.15, 0.2) is 0 Å². The van der Waals surface area contributed by atoms with Gasteiger partial charge in [-0.15, -0.1) is 0 Å². The summed E-state index contributed by atoms with van der Waals surface area (Å²) in [7, 11) is 0. The van der Waals surface area contributed by atoms with Crippen LogP contribution in [0.3, 0.4) is 0 Å². The molecule has 1 heteroatoms. The summed E-state index contributed by atoms with van der Waals surface area (Å²) < 4.78 is 0. The molecular formula is C13H23N. The maximum atomic E-state index is 4.24. The highest BCUT2D eigenvalue weighted by Gasteiger charge is 2.40. The normalized spacial score (nSPS) is 33.8. The fourth-order valence-electron chi connectivity index (χ4n) is 3.20. The van der Waals surface area contributed by atoms with E-state index < -0.39 is 0 Å². The van der Waals surface area contributed by atoms with Gasteiger partial charge in [0.2, 0.25) is 0 Å². The smallest absolute Gasteiger partial charge is 0.0334 e. The van der Waals surface area contributed by atoms with E-state index in [-0.39, 0.29) is 0 Å². The van der Waals surface area contributed by atoms with Crippen LogP contribution in [0.25, 0.3) is 0 Å². The van der Waals surface area contributed by atoms with E-state index in [1.165, 1.54) is 37.9 Å². The number of hydrogen-bond donors (Lipinski definition) is 0. The molecule has 80 valence electrons. The van der Waals surface area contributed by atoms with Crippen molar-refractivity contribution in [3.05, 3.63) is 12.2 Å². The van der Waals surface area contributed by atoms with E-state index >= 15 is 0 Å². The minimum atomic E-state index is 0.476. The molecule has 2 unspecified atom stereocenters. The van der Waals surface area contributed by atoms with Crippen LogP contribution >= 0.6 is 0 Å². The lowest BCUT2D eigenvalue weighted by Gasteiger charge is -2.28. The van der Waals surface area contributed by atoms with Crippen molar-refractivity contribution >= 4 is 0 Å². The Hall–Kier alpha value is -0.300. The van der Waals surface area contributed by atoms with Crippen LogP contribution in [-0.2, 0) is 0 Å². The molecule has 14 heavy (non-hydrogen) atoms. The third-order valence-corrected chi connectivity index (χ3v) is 3.64. The third-order valence-electron chi connectivity index (χ3n) is 3.64. The molecule has 0 bridgehead atoms. The van der Waals surface area contributed by atoms with Crippen molar-refractivity contribution in [2.24, 2.45) is 11.3 Å². The summed E-state index contributed by atoms with van der Waals surface area (Å²) in [4.78, 5) is 2.64. The SMILES string of the molecule is C=C1CCN2CCC(CC(C)(C)C)C12. The monoisotopic (exact) mass is 193 g/mol. The molecule has 0 aromatic heterocycles. The van der Waals surface area contributed by atoms with E-state index in [0.717, 1.165) is 12.0 Å². The molecule has 2 fully saturated rings. The summed E-state index contributed by atoms with van der Waals surface area (Å²) in [6, 6.07) is 0.731. The Kier molecular flexibility index (Phi) is 2.46. The summed E-state index contributed by atoms with van der Waals surface area (Å²) in [6.07, 6.45) is 3.99. The summed E-state index contributed by atoms with van der Waals surface area (Å²) in [5, 5.41) is 0. The fourth-order valence-corrected chi connectivity index (χ4v) is 3.20. The first kappa shape index (κ1) is 10.2. The van der Waals surface area contributed by atoms with Crippen LogP contribution < -0.4 is 0 Å². The first-order valence-electron chi connectivity index (χ1n) is 5.89. The van der Waals surface area contributed by atoms with Gasteiger partial charge in [0, 0.05) is 12.6 Å². The zero-order valence-corrected chi connectivity index (χ0v) is 9.84. The molecule has 2 aliphatic heterocycles. The first-order valence-corrected chi connectivity index (χ1v) is 5.89. The molecule has 0 aromatic carbocycles. The quantitative estimate of drug-likeness (QED) is 0.578. The molecule has 0 spiro atoms. The number of nitrogens with zero attached hydrogens (tertiary/aromatic N) is 1. The minimum Gasteiger partial charge on any atom is -0.296 e. The average molecular weight is 193 g/mol. The van der Waals surface area contributed by atoms with Gasteiger partial charge in [0.25, 0.3) is 0 Å². The Morgan fingerprint density at radius 1 is 1.36 bits per heavy atom. The van der Waals surface area contributed by atoms with Gasteiger partial charge in [0.05, 0.1) is 0 Å². The second kappa shape index (κ2) is 3.37. The summed E-state index contributed by atoms with van der Waals surface area (Å²) in [5.41, 5.74) is 1.97. The Morgan fingerprint density at radius 3 is 2.71 bits per heavy atom. The minimum absolute atomic E-state index is 0.476. The Morgan fingerprint density at radius 2 is 2.07 bits per heavy atom. The maximum absolute atomic E-state index is 4.24. The van der Waals surface area contributed by atoms with Crippen molar-refractivity contribution in [1.29, 1.82) is 0 Å². The van der Waals surface area contributed by atoms with E-state index in [4.69, 9.17) is 0 Å². The third kappa shape index (κ3) is 1.88. The van der Waals surface area contributed by atoms with E-state index in [1.807, 2.05) is 0 Å². The topological polar surface area (TPSA) is 3.24 Å². The number of hydrogen-bond acceptors (Lipinski definition) is 1. The molecule has 0 aliphatic carbocycles. The van der Waals surface area contributed by atoms with E-state index in [1.54, 1.807) is 0 Å². The molecular weight excluding hydrogens is 170 g/mol. The highest BCUT2D eigenvalue weighted by Crippen LogP contribution is 2.41. The van der Waals surface area contributed by atoms with Crippen LogP contribution in [-0.4, -0.2) is 24.0 Å². The molecule has 2 rings (SSSR count). The lowest BCUT2D eigenvalue weighted by Crippen LogP contribution is -2.28. The van der Waals surface area contributed by atoms with Gasteiger partial charge in [-0.05, 0) is 37.1 Å². The van der Waals surface area contributed by atoms with Crippen LogP contribution in [0, 0.1) is 11.3 Å². The fraction of sp³-hybridized carbons (Fsp3) is 0.846. The van der Waals surface area contributed by atoms with Gasteiger partial charge < -0.3 is 0 Å². The van der Waals surface area contributed by atoms with E-state index in [2.05, 4.69) is 32.3 Å². The molecule has 0 N–H and O–H groups in total. The lowest BCUT2D eigenvalue weighted by atomic mass is 9.80. The van der Waals surface area contributed by atoms with Gasteiger partial charge in [-0.25, -0.2) is 0 Å². The molecule has 2 atom stereocenters. The van der Waals surface area contributed by atoms with Crippen molar-refractivity contribution < 1.29 is 0 Å². The van der Waals surface area contributed by atoms with Crippen LogP contribution in [0.2, 0.25) is 0 Å². The Labute approximate surface area is 88.2 Å². The van der Waals surface area contributed by atoms with Gasteiger partial charge in [-0.3, -0.25) is 4.90 Å². The zero-order chi connectivity index (χ0) is 10.3. The summed E-state index contributed by atoms with van der Waals surface area (Å²) >= 11 is 0. The van der Waals surface area contributed by atoms with Gasteiger partial charge >= 0.3 is 0 Å². The highest BCUT2D eigenvalue weighted by molar-refractivity contribution is 5.17. The van der Waals surface area contributed by atoms with Gasteiger partial charge in [0.1, 0.15) is 0 Å². The van der Waals surface area contributed by atoms with Crippen LogP contribution in [0.5, 0.6) is 0 Å². The summed E-state index contributed by atoms with van der Waals surface area (Å²) in [6.45, 7) is 13.9. The second-order valence-electron chi connectivity index (χ2n) is 6.20. The molecule has 2 aliphatic rings. The zero-order valence-electron chi connectivity index (χ0n) is 9.84. The Bertz CT molecular complexity index is 236. The van der Waals surface area contributed by atoms with Crippen molar-refractivity contribution in [3.8, 4) is 0 Å².